The molecule has 2 N–H and O–H groups in total. The van der Waals surface area contributed by atoms with Gasteiger partial charge in [0.2, 0.25) is 5.91 Å². The smallest absolute Gasteiger partial charge is 0.246 e. The van der Waals surface area contributed by atoms with Crippen LogP contribution in [-0.2, 0) is 9.53 Å². The van der Waals surface area contributed by atoms with Gasteiger partial charge in [0.05, 0.1) is 5.60 Å². The van der Waals surface area contributed by atoms with E-state index in [4.69, 9.17) is 4.74 Å². The topological polar surface area (TPSA) is 50.4 Å². The van der Waals surface area contributed by atoms with Crippen molar-refractivity contribution >= 4 is 5.91 Å². The lowest BCUT2D eigenvalue weighted by atomic mass is 10.0. The Balaban J connectivity index is 1.65. The number of nitrogens with one attached hydrogen (secondary N) is 2. The standard InChI is InChI=1S/C13H24N2O2/c1-13(9-14-10-13)17-8-12(16)15-11-6-4-2-3-5-7-11/h11,14H,2-10H2,1H3,(H,15,16). The number of hydrogen-bond donors (Lipinski definition) is 2. The van der Waals surface area contributed by atoms with Crippen LogP contribution in [0, 0.1) is 0 Å². The maximum Gasteiger partial charge on any atom is 0.246 e. The van der Waals surface area contributed by atoms with Gasteiger partial charge in [-0.2, -0.15) is 0 Å². The third-order valence-electron chi connectivity index (χ3n) is 3.77. The Bertz CT molecular complexity index is 256. The lowest BCUT2D eigenvalue weighted by Gasteiger charge is -2.38. The minimum Gasteiger partial charge on any atom is -0.363 e. The largest absolute Gasteiger partial charge is 0.363 e. The normalized spacial score (nSPS) is 24.8. The molecule has 1 aliphatic carbocycles. The molecular weight excluding hydrogens is 216 g/mol. The quantitative estimate of drug-likeness (QED) is 0.726. The summed E-state index contributed by atoms with van der Waals surface area (Å²) < 4.78 is 5.63. The molecule has 0 atom stereocenters. The highest BCUT2D eigenvalue weighted by Gasteiger charge is 2.33. The van der Waals surface area contributed by atoms with Gasteiger partial charge in [0.25, 0.3) is 0 Å². The number of ether oxygens (including phenoxy) is 1. The summed E-state index contributed by atoms with van der Waals surface area (Å²) in [5, 5.41) is 6.25. The van der Waals surface area contributed by atoms with Crippen molar-refractivity contribution in [2.75, 3.05) is 19.7 Å². The van der Waals surface area contributed by atoms with Crippen molar-refractivity contribution in [2.24, 2.45) is 0 Å². The molecule has 0 bridgehead atoms. The van der Waals surface area contributed by atoms with E-state index in [1.54, 1.807) is 0 Å². The first-order valence-electron chi connectivity index (χ1n) is 6.82. The van der Waals surface area contributed by atoms with Crippen LogP contribution < -0.4 is 10.6 Å². The fraction of sp³-hybridized carbons (Fsp3) is 0.923. The molecule has 0 aromatic rings. The Labute approximate surface area is 103 Å². The van der Waals surface area contributed by atoms with E-state index in [-0.39, 0.29) is 18.1 Å². The van der Waals surface area contributed by atoms with Crippen LogP contribution in [0.3, 0.4) is 0 Å². The molecule has 0 unspecified atom stereocenters. The van der Waals surface area contributed by atoms with Crippen LogP contribution in [0.25, 0.3) is 0 Å². The molecule has 17 heavy (non-hydrogen) atoms. The average molecular weight is 240 g/mol. The number of hydrogen-bond acceptors (Lipinski definition) is 3. The molecule has 98 valence electrons. The van der Waals surface area contributed by atoms with E-state index in [9.17, 15) is 4.79 Å². The van der Waals surface area contributed by atoms with Crippen LogP contribution >= 0.6 is 0 Å². The lowest BCUT2D eigenvalue weighted by Crippen LogP contribution is -2.59. The fourth-order valence-electron chi connectivity index (χ4n) is 2.51. The van der Waals surface area contributed by atoms with Crippen LogP contribution in [0.15, 0.2) is 0 Å². The minimum absolute atomic E-state index is 0.0463. The first-order chi connectivity index (χ1) is 8.18. The molecule has 1 aliphatic heterocycles. The summed E-state index contributed by atoms with van der Waals surface area (Å²) in [6.07, 6.45) is 7.37. The van der Waals surface area contributed by atoms with Crippen molar-refractivity contribution in [3.63, 3.8) is 0 Å². The number of carbonyl (C=O) groups excluding carboxylic acids is 1. The molecule has 2 fully saturated rings. The second kappa shape index (κ2) is 5.83. The maximum atomic E-state index is 11.8. The molecule has 0 spiro atoms. The number of rotatable bonds is 4. The third-order valence-corrected chi connectivity index (χ3v) is 3.77. The Kier molecular flexibility index (Phi) is 4.40. The zero-order valence-electron chi connectivity index (χ0n) is 10.8. The summed E-state index contributed by atoms with van der Waals surface area (Å²) in [6, 6.07) is 0.376. The van der Waals surface area contributed by atoms with Gasteiger partial charge in [-0.1, -0.05) is 25.7 Å². The Morgan fingerprint density at radius 3 is 2.47 bits per heavy atom. The number of amides is 1. The van der Waals surface area contributed by atoms with Gasteiger partial charge in [-0.05, 0) is 19.8 Å². The molecule has 2 rings (SSSR count). The molecule has 4 heteroatoms. The Morgan fingerprint density at radius 1 is 1.29 bits per heavy atom. The van der Waals surface area contributed by atoms with Gasteiger partial charge in [0, 0.05) is 19.1 Å². The molecule has 2 aliphatic rings. The van der Waals surface area contributed by atoms with Crippen molar-refractivity contribution in [1.82, 2.24) is 10.6 Å². The lowest BCUT2D eigenvalue weighted by molar-refractivity contribution is -0.136. The maximum absolute atomic E-state index is 11.8. The van der Waals surface area contributed by atoms with Crippen LogP contribution in [0.4, 0.5) is 0 Å². The van der Waals surface area contributed by atoms with E-state index in [1.807, 2.05) is 6.92 Å². The number of carbonyl (C=O) groups is 1. The molecule has 1 heterocycles. The van der Waals surface area contributed by atoms with Crippen LogP contribution in [0.5, 0.6) is 0 Å². The highest BCUT2D eigenvalue weighted by molar-refractivity contribution is 5.77. The monoisotopic (exact) mass is 240 g/mol. The van der Waals surface area contributed by atoms with Crippen molar-refractivity contribution < 1.29 is 9.53 Å². The van der Waals surface area contributed by atoms with E-state index in [0.29, 0.717) is 6.04 Å². The molecule has 0 aromatic carbocycles. The zero-order valence-corrected chi connectivity index (χ0v) is 10.8. The predicted molar refractivity (Wildman–Crippen MR) is 66.9 cm³/mol. The average Bonchev–Trinajstić information content (AvgIpc) is 2.52. The van der Waals surface area contributed by atoms with E-state index in [1.165, 1.54) is 25.7 Å². The van der Waals surface area contributed by atoms with Crippen LogP contribution in [-0.4, -0.2) is 37.2 Å². The van der Waals surface area contributed by atoms with E-state index >= 15 is 0 Å². The van der Waals surface area contributed by atoms with Crippen molar-refractivity contribution in [2.45, 2.75) is 57.1 Å². The fourth-order valence-corrected chi connectivity index (χ4v) is 2.51. The van der Waals surface area contributed by atoms with Gasteiger partial charge in [-0.15, -0.1) is 0 Å². The summed E-state index contributed by atoms with van der Waals surface area (Å²) >= 11 is 0. The SMILES string of the molecule is CC1(OCC(=O)NC2CCCCCC2)CNC1. The summed E-state index contributed by atoms with van der Waals surface area (Å²) in [4.78, 5) is 11.8. The van der Waals surface area contributed by atoms with Gasteiger partial charge in [0.1, 0.15) is 6.61 Å². The van der Waals surface area contributed by atoms with Crippen molar-refractivity contribution in [3.05, 3.63) is 0 Å². The summed E-state index contributed by atoms with van der Waals surface area (Å²) in [5.41, 5.74) is -0.124. The van der Waals surface area contributed by atoms with E-state index < -0.39 is 0 Å². The Hall–Kier alpha value is -0.610. The molecule has 0 radical (unpaired) electrons. The second-order valence-electron chi connectivity index (χ2n) is 5.60. The molecule has 0 aromatic heterocycles. The van der Waals surface area contributed by atoms with Gasteiger partial charge in [0.15, 0.2) is 0 Å². The van der Waals surface area contributed by atoms with Gasteiger partial charge in [-0.3, -0.25) is 4.79 Å². The minimum atomic E-state index is -0.124. The van der Waals surface area contributed by atoms with Crippen LogP contribution in [0.2, 0.25) is 0 Å². The first kappa shape index (κ1) is 12.8. The van der Waals surface area contributed by atoms with E-state index in [0.717, 1.165) is 25.9 Å². The van der Waals surface area contributed by atoms with Gasteiger partial charge >= 0.3 is 0 Å². The highest BCUT2D eigenvalue weighted by Crippen LogP contribution is 2.18. The molecule has 1 amide bonds. The summed E-state index contributed by atoms with van der Waals surface area (Å²) in [5.74, 6) is 0.0463. The molecule has 1 saturated heterocycles. The van der Waals surface area contributed by atoms with Crippen molar-refractivity contribution in [3.8, 4) is 0 Å². The van der Waals surface area contributed by atoms with E-state index in [2.05, 4.69) is 10.6 Å². The molecule has 1 saturated carbocycles. The molecular formula is C13H24N2O2. The predicted octanol–water partition coefficient (Wildman–Crippen LogP) is 1.20. The third kappa shape index (κ3) is 3.96. The zero-order chi connectivity index (χ0) is 12.1. The summed E-state index contributed by atoms with van der Waals surface area (Å²) in [7, 11) is 0. The summed E-state index contributed by atoms with van der Waals surface area (Å²) in [6.45, 7) is 3.95. The first-order valence-corrected chi connectivity index (χ1v) is 6.82. The van der Waals surface area contributed by atoms with Crippen LogP contribution in [0.1, 0.15) is 45.4 Å². The highest BCUT2D eigenvalue weighted by atomic mass is 16.5. The van der Waals surface area contributed by atoms with Crippen molar-refractivity contribution in [1.29, 1.82) is 0 Å². The van der Waals surface area contributed by atoms with Gasteiger partial charge < -0.3 is 15.4 Å². The Morgan fingerprint density at radius 2 is 1.94 bits per heavy atom. The second-order valence-corrected chi connectivity index (χ2v) is 5.60. The van der Waals surface area contributed by atoms with Gasteiger partial charge in [-0.25, -0.2) is 0 Å². The molecule has 4 nitrogen and oxygen atoms in total.